The molecule has 2 nitrogen and oxygen atoms in total. The molecule has 0 aliphatic rings. The third kappa shape index (κ3) is 6.09. The van der Waals surface area contributed by atoms with Crippen molar-refractivity contribution in [3.05, 3.63) is 29.8 Å². The summed E-state index contributed by atoms with van der Waals surface area (Å²) in [5.41, 5.74) is 6.24. The van der Waals surface area contributed by atoms with Crippen molar-refractivity contribution < 1.29 is 22.3 Å². The lowest BCUT2D eigenvalue weighted by Gasteiger charge is -2.21. The van der Waals surface area contributed by atoms with Gasteiger partial charge in [0.15, 0.2) is 0 Å². The first-order chi connectivity index (χ1) is 9.38. The van der Waals surface area contributed by atoms with Gasteiger partial charge in [-0.25, -0.2) is 0 Å². The summed E-state index contributed by atoms with van der Waals surface area (Å²) in [6.07, 6.45) is -4.98. The maximum Gasteiger partial charge on any atom is 0.461 e. The van der Waals surface area contributed by atoms with Gasteiger partial charge in [0.2, 0.25) is 0 Å². The number of ether oxygens (including phenoxy) is 1. The lowest BCUT2D eigenvalue weighted by atomic mass is 10.0. The van der Waals surface area contributed by atoms with E-state index in [0.717, 1.165) is 19.3 Å². The summed E-state index contributed by atoms with van der Waals surface area (Å²) in [5, 5.41) is 0. The zero-order chi connectivity index (χ0) is 15.2. The molecule has 21 heavy (non-hydrogen) atoms. The molecule has 0 aromatic heterocycles. The van der Waals surface area contributed by atoms with Gasteiger partial charge in [-0.3, -0.25) is 0 Å². The van der Waals surface area contributed by atoms with Crippen LogP contribution in [0.4, 0.5) is 17.6 Å². The van der Waals surface area contributed by atoms with Crippen molar-refractivity contribution in [3.8, 4) is 5.75 Å². The summed E-state index contributed by atoms with van der Waals surface area (Å²) in [6, 6.07) is 5.30. The van der Waals surface area contributed by atoms with Crippen LogP contribution in [0.25, 0.3) is 0 Å². The van der Waals surface area contributed by atoms with Crippen LogP contribution in [0.5, 0.6) is 5.75 Å². The second kappa shape index (κ2) is 9.10. The van der Waals surface area contributed by atoms with Crippen LogP contribution in [-0.2, 0) is 0 Å². The predicted octanol–water partition coefficient (Wildman–Crippen LogP) is 4.93. The first-order valence-electron chi connectivity index (χ1n) is 6.58. The van der Waals surface area contributed by atoms with Crippen molar-refractivity contribution in [1.29, 1.82) is 0 Å². The van der Waals surface area contributed by atoms with E-state index in [4.69, 9.17) is 5.73 Å². The zero-order valence-corrected chi connectivity index (χ0v) is 12.5. The largest absolute Gasteiger partial charge is 0.461 e. The third-order valence-corrected chi connectivity index (χ3v) is 2.94. The predicted molar refractivity (Wildman–Crippen MR) is 76.3 cm³/mol. The molecule has 1 aromatic rings. The number of rotatable bonds is 8. The molecule has 0 fully saturated rings. The Kier molecular flexibility index (Phi) is 8.66. The molecular formula is C14H20ClF4NO. The van der Waals surface area contributed by atoms with Crippen LogP contribution in [0, 0.1) is 0 Å². The van der Waals surface area contributed by atoms with Gasteiger partial charge in [-0.15, -0.1) is 12.4 Å². The molecule has 1 rings (SSSR count). The van der Waals surface area contributed by atoms with Gasteiger partial charge in [-0.1, -0.05) is 44.4 Å². The van der Waals surface area contributed by atoms with Crippen LogP contribution in [0.1, 0.15) is 44.2 Å². The molecule has 0 amide bonds. The number of para-hydroxylation sites is 1. The second-order valence-electron chi connectivity index (χ2n) is 4.60. The van der Waals surface area contributed by atoms with Crippen molar-refractivity contribution in [2.75, 3.05) is 0 Å². The number of hydrogen-bond donors (Lipinski definition) is 1. The lowest BCUT2D eigenvalue weighted by Crippen LogP contribution is -2.34. The van der Waals surface area contributed by atoms with Gasteiger partial charge in [0.05, 0.1) is 0 Å². The summed E-state index contributed by atoms with van der Waals surface area (Å²) >= 11 is 0. The topological polar surface area (TPSA) is 35.2 Å². The first kappa shape index (κ1) is 20.0. The Hall–Kier alpha value is -1.01. The van der Waals surface area contributed by atoms with Gasteiger partial charge in [0, 0.05) is 11.6 Å². The number of alkyl halides is 4. The van der Waals surface area contributed by atoms with Gasteiger partial charge >= 0.3 is 12.5 Å². The van der Waals surface area contributed by atoms with E-state index in [1.165, 1.54) is 18.2 Å². The van der Waals surface area contributed by atoms with Gasteiger partial charge in [-0.05, 0) is 12.5 Å². The van der Waals surface area contributed by atoms with E-state index in [-0.39, 0.29) is 18.2 Å². The quantitative estimate of drug-likeness (QED) is 0.542. The van der Waals surface area contributed by atoms with Crippen molar-refractivity contribution in [2.24, 2.45) is 5.73 Å². The normalized spacial score (nSPS) is 12.9. The Morgan fingerprint density at radius 2 is 1.81 bits per heavy atom. The van der Waals surface area contributed by atoms with Gasteiger partial charge in [0.25, 0.3) is 0 Å². The van der Waals surface area contributed by atoms with Crippen LogP contribution in [0.15, 0.2) is 24.3 Å². The molecular weight excluding hydrogens is 310 g/mol. The highest BCUT2D eigenvalue weighted by Crippen LogP contribution is 2.33. The molecule has 0 bridgehead atoms. The fourth-order valence-corrected chi connectivity index (χ4v) is 1.84. The standard InChI is InChI=1S/C14H19F4NO.ClH/c1-2-3-4-8-11(19)10-7-5-6-9-12(10)20-14(17,18)13(15)16;/h5-7,9,11,13H,2-4,8,19H2,1H3;1H/t11-;/m1./s1. The summed E-state index contributed by atoms with van der Waals surface area (Å²) < 4.78 is 54.4. The average molecular weight is 330 g/mol. The zero-order valence-electron chi connectivity index (χ0n) is 11.7. The fourth-order valence-electron chi connectivity index (χ4n) is 1.84. The second-order valence-corrected chi connectivity index (χ2v) is 4.60. The summed E-state index contributed by atoms with van der Waals surface area (Å²) in [4.78, 5) is 0. The average Bonchev–Trinajstić information content (AvgIpc) is 2.39. The molecule has 0 radical (unpaired) electrons. The van der Waals surface area contributed by atoms with Crippen LogP contribution >= 0.6 is 12.4 Å². The molecule has 1 aromatic carbocycles. The van der Waals surface area contributed by atoms with Crippen molar-refractivity contribution >= 4 is 12.4 Å². The maximum absolute atomic E-state index is 13.0. The van der Waals surface area contributed by atoms with E-state index < -0.39 is 18.6 Å². The molecule has 2 N–H and O–H groups in total. The SMILES string of the molecule is CCCCC[C@@H](N)c1ccccc1OC(F)(F)C(F)F.Cl. The minimum atomic E-state index is -4.51. The van der Waals surface area contributed by atoms with Crippen molar-refractivity contribution in [1.82, 2.24) is 0 Å². The van der Waals surface area contributed by atoms with Crippen LogP contribution in [-0.4, -0.2) is 12.5 Å². The summed E-state index contributed by atoms with van der Waals surface area (Å²) in [7, 11) is 0. The Bertz CT molecular complexity index is 418. The third-order valence-electron chi connectivity index (χ3n) is 2.94. The highest BCUT2D eigenvalue weighted by Gasteiger charge is 2.44. The summed E-state index contributed by atoms with van der Waals surface area (Å²) in [6.45, 7) is 2.03. The monoisotopic (exact) mass is 329 g/mol. The van der Waals surface area contributed by atoms with E-state index in [1.54, 1.807) is 6.07 Å². The Balaban J connectivity index is 0.00000400. The molecule has 0 spiro atoms. The molecule has 0 aliphatic heterocycles. The molecule has 7 heteroatoms. The van der Waals surface area contributed by atoms with Gasteiger partial charge in [-0.2, -0.15) is 17.6 Å². The van der Waals surface area contributed by atoms with E-state index in [0.29, 0.717) is 12.0 Å². The number of benzene rings is 1. The molecule has 0 unspecified atom stereocenters. The molecule has 0 saturated carbocycles. The van der Waals surface area contributed by atoms with E-state index >= 15 is 0 Å². The number of hydrogen-bond acceptors (Lipinski definition) is 2. The van der Waals surface area contributed by atoms with Crippen LogP contribution < -0.4 is 10.5 Å². The Labute approximate surface area is 128 Å². The van der Waals surface area contributed by atoms with Crippen molar-refractivity contribution in [3.63, 3.8) is 0 Å². The highest BCUT2D eigenvalue weighted by atomic mass is 35.5. The lowest BCUT2D eigenvalue weighted by molar-refractivity contribution is -0.253. The number of unbranched alkanes of at least 4 members (excludes halogenated alkanes) is 2. The van der Waals surface area contributed by atoms with E-state index in [1.807, 2.05) is 6.92 Å². The first-order valence-corrected chi connectivity index (χ1v) is 6.58. The highest BCUT2D eigenvalue weighted by molar-refractivity contribution is 5.85. The van der Waals surface area contributed by atoms with Gasteiger partial charge < -0.3 is 10.5 Å². The smallest absolute Gasteiger partial charge is 0.428 e. The molecule has 0 aliphatic carbocycles. The molecule has 1 atom stereocenters. The maximum atomic E-state index is 13.0. The summed E-state index contributed by atoms with van der Waals surface area (Å²) in [5.74, 6) is -0.290. The molecule has 0 saturated heterocycles. The molecule has 122 valence electrons. The fraction of sp³-hybridized carbons (Fsp3) is 0.571. The van der Waals surface area contributed by atoms with Gasteiger partial charge in [0.1, 0.15) is 5.75 Å². The molecule has 0 heterocycles. The van der Waals surface area contributed by atoms with Crippen molar-refractivity contribution in [2.45, 2.75) is 51.2 Å². The van der Waals surface area contributed by atoms with E-state index in [2.05, 4.69) is 4.74 Å². The minimum Gasteiger partial charge on any atom is -0.428 e. The Morgan fingerprint density at radius 1 is 1.19 bits per heavy atom. The number of nitrogens with two attached hydrogens (primary N) is 1. The van der Waals surface area contributed by atoms with Crippen LogP contribution in [0.3, 0.4) is 0 Å². The minimum absolute atomic E-state index is 0. The number of halogens is 5. The van der Waals surface area contributed by atoms with E-state index in [9.17, 15) is 17.6 Å². The Morgan fingerprint density at radius 3 is 2.38 bits per heavy atom. The van der Waals surface area contributed by atoms with Crippen LogP contribution in [0.2, 0.25) is 0 Å².